The van der Waals surface area contributed by atoms with E-state index >= 15 is 0 Å². The summed E-state index contributed by atoms with van der Waals surface area (Å²) in [6.45, 7) is 5.23. The Morgan fingerprint density at radius 2 is 2.04 bits per heavy atom. The van der Waals surface area contributed by atoms with E-state index in [4.69, 9.17) is 0 Å². The lowest BCUT2D eigenvalue weighted by atomic mass is 9.86. The number of pyridine rings is 1. The van der Waals surface area contributed by atoms with Gasteiger partial charge in [-0.05, 0) is 37.4 Å². The summed E-state index contributed by atoms with van der Waals surface area (Å²) in [6, 6.07) is 4.08. The molecule has 2 aromatic rings. The molecular weight excluding hydrogens is 354 g/mol. The van der Waals surface area contributed by atoms with Crippen LogP contribution in [0.4, 0.5) is 0 Å². The molecule has 7 heteroatoms. The molecule has 0 radical (unpaired) electrons. The van der Waals surface area contributed by atoms with Gasteiger partial charge in [-0.1, -0.05) is 6.07 Å². The molecule has 1 atom stereocenters. The number of carbonyl (C=O) groups excluding carboxylic acids is 1. The maximum Gasteiger partial charge on any atom is 0.285 e. The van der Waals surface area contributed by atoms with E-state index < -0.39 is 0 Å². The van der Waals surface area contributed by atoms with Gasteiger partial charge in [0.15, 0.2) is 0 Å². The van der Waals surface area contributed by atoms with Crippen LogP contribution < -0.4 is 5.56 Å². The topological polar surface area (TPSA) is 71.3 Å². The van der Waals surface area contributed by atoms with E-state index in [9.17, 15) is 9.59 Å². The molecule has 2 aromatic heterocycles. The number of fused-ring (bicyclic) bond motifs is 1. The zero-order chi connectivity index (χ0) is 19.1. The van der Waals surface area contributed by atoms with Gasteiger partial charge in [-0.15, -0.1) is 0 Å². The van der Waals surface area contributed by atoms with E-state index in [0.29, 0.717) is 0 Å². The molecule has 0 aromatic carbocycles. The monoisotopic (exact) mass is 379 g/mol. The van der Waals surface area contributed by atoms with Gasteiger partial charge in [0.1, 0.15) is 11.4 Å². The first kappa shape index (κ1) is 17.6. The van der Waals surface area contributed by atoms with Gasteiger partial charge in [0.25, 0.3) is 11.5 Å². The molecule has 0 N–H and O–H groups in total. The van der Waals surface area contributed by atoms with E-state index in [1.165, 1.54) is 5.56 Å². The zero-order valence-corrected chi connectivity index (χ0v) is 16.0. The van der Waals surface area contributed by atoms with Crippen molar-refractivity contribution in [1.82, 2.24) is 24.3 Å². The minimum atomic E-state index is -0.370. The van der Waals surface area contributed by atoms with Crippen LogP contribution in [0.2, 0.25) is 0 Å². The van der Waals surface area contributed by atoms with E-state index in [1.54, 1.807) is 17.3 Å². The van der Waals surface area contributed by atoms with Gasteiger partial charge < -0.3 is 9.47 Å². The highest BCUT2D eigenvalue weighted by molar-refractivity contribution is 5.93. The van der Waals surface area contributed by atoms with Crippen molar-refractivity contribution in [2.75, 3.05) is 26.2 Å². The molecular formula is C21H25N5O2. The molecule has 3 aliphatic heterocycles. The minimum absolute atomic E-state index is 0.115. The molecule has 146 valence electrons. The summed E-state index contributed by atoms with van der Waals surface area (Å²) in [6.07, 6.45) is 9.41. The summed E-state index contributed by atoms with van der Waals surface area (Å²) < 4.78 is 2.05. The molecule has 2 saturated heterocycles. The third-order valence-corrected chi connectivity index (χ3v) is 6.39. The van der Waals surface area contributed by atoms with E-state index in [-0.39, 0.29) is 22.4 Å². The zero-order valence-electron chi connectivity index (χ0n) is 16.0. The fourth-order valence-electron chi connectivity index (χ4n) is 4.98. The molecule has 28 heavy (non-hydrogen) atoms. The Labute approximate surface area is 164 Å². The van der Waals surface area contributed by atoms with E-state index in [0.717, 1.165) is 70.8 Å². The predicted octanol–water partition coefficient (Wildman–Crippen LogP) is 1.32. The summed E-state index contributed by atoms with van der Waals surface area (Å²) in [4.78, 5) is 37.9. The second-order valence-corrected chi connectivity index (χ2v) is 8.50. The summed E-state index contributed by atoms with van der Waals surface area (Å²) in [7, 11) is 0. The molecule has 3 aliphatic rings. The van der Waals surface area contributed by atoms with Gasteiger partial charge in [-0.25, -0.2) is 0 Å². The number of amides is 1. The average Bonchev–Trinajstić information content (AvgIpc) is 3.42. The number of likely N-dealkylation sites (tertiary alicyclic amines) is 2. The van der Waals surface area contributed by atoms with Gasteiger partial charge in [0.05, 0.1) is 0 Å². The first-order valence-corrected chi connectivity index (χ1v) is 10.1. The first-order chi connectivity index (χ1) is 13.6. The smallest absolute Gasteiger partial charge is 0.285 e. The van der Waals surface area contributed by atoms with Crippen LogP contribution in [-0.2, 0) is 19.5 Å². The summed E-state index contributed by atoms with van der Waals surface area (Å²) in [5.41, 5.74) is 1.20. The largest absolute Gasteiger partial charge is 0.338 e. The summed E-state index contributed by atoms with van der Waals surface area (Å²) in [5.74, 6) is 0.669. The third-order valence-electron chi connectivity index (χ3n) is 6.39. The fraction of sp³-hybridized carbons (Fsp3) is 0.524. The van der Waals surface area contributed by atoms with Gasteiger partial charge in [-0.2, -0.15) is 4.98 Å². The lowest BCUT2D eigenvalue weighted by molar-refractivity contribution is 0.0790. The molecule has 0 bridgehead atoms. The van der Waals surface area contributed by atoms with Crippen molar-refractivity contribution in [3.05, 3.63) is 58.0 Å². The number of carbonyl (C=O) groups is 1. The number of hydrogen-bond donors (Lipinski definition) is 0. The van der Waals surface area contributed by atoms with Crippen LogP contribution in [0.1, 0.15) is 41.0 Å². The highest BCUT2D eigenvalue weighted by Crippen LogP contribution is 2.40. The number of nitrogens with zero attached hydrogens (tertiary/aromatic N) is 5. The normalized spacial score (nSPS) is 24.2. The maximum atomic E-state index is 12.7. The van der Waals surface area contributed by atoms with Crippen LogP contribution in [0.15, 0.2) is 35.5 Å². The molecule has 5 rings (SSSR count). The molecule has 1 amide bonds. The highest BCUT2D eigenvalue weighted by Gasteiger charge is 2.43. The predicted molar refractivity (Wildman–Crippen MR) is 104 cm³/mol. The van der Waals surface area contributed by atoms with Crippen molar-refractivity contribution in [3.8, 4) is 0 Å². The second kappa shape index (κ2) is 6.81. The lowest BCUT2D eigenvalue weighted by Gasteiger charge is -2.23. The van der Waals surface area contributed by atoms with Crippen molar-refractivity contribution < 1.29 is 4.79 Å². The third kappa shape index (κ3) is 3.13. The Hall–Kier alpha value is -2.54. The first-order valence-electron chi connectivity index (χ1n) is 10.1. The standard InChI is InChI=1S/C21H25N5O2/c27-19-17(20(28)25-7-1-2-8-25)13-26-15-21(10-18(26)23-19)5-9-24(14-21)12-16-4-3-6-22-11-16/h3-4,6,11,13H,1-2,5,7-10,12,14-15H2/t21-/m1/s1. The van der Waals surface area contributed by atoms with Gasteiger partial charge in [0, 0.05) is 63.2 Å². The molecule has 0 saturated carbocycles. The summed E-state index contributed by atoms with van der Waals surface area (Å²) in [5, 5.41) is 0. The lowest BCUT2D eigenvalue weighted by Crippen LogP contribution is -2.33. The Morgan fingerprint density at radius 1 is 1.18 bits per heavy atom. The molecule has 2 fully saturated rings. The molecule has 5 heterocycles. The van der Waals surface area contributed by atoms with Crippen molar-refractivity contribution in [3.63, 3.8) is 0 Å². The average molecular weight is 379 g/mol. The Morgan fingerprint density at radius 3 is 2.82 bits per heavy atom. The van der Waals surface area contributed by atoms with Crippen molar-refractivity contribution in [1.29, 1.82) is 0 Å². The number of hydrogen-bond acceptors (Lipinski definition) is 5. The van der Waals surface area contributed by atoms with Crippen LogP contribution in [0.5, 0.6) is 0 Å². The van der Waals surface area contributed by atoms with Gasteiger partial charge >= 0.3 is 0 Å². The Kier molecular flexibility index (Phi) is 4.27. The van der Waals surface area contributed by atoms with Crippen LogP contribution in [0, 0.1) is 5.41 Å². The molecule has 0 aliphatic carbocycles. The van der Waals surface area contributed by atoms with Crippen molar-refractivity contribution in [2.24, 2.45) is 5.41 Å². The van der Waals surface area contributed by atoms with E-state index in [1.807, 2.05) is 12.3 Å². The van der Waals surface area contributed by atoms with Crippen LogP contribution in [0.3, 0.4) is 0 Å². The SMILES string of the molecule is O=C(c1cn2c(nc1=O)C[C@@]1(CCN(Cc3cccnc3)C1)C2)N1CCCC1. The quantitative estimate of drug-likeness (QED) is 0.804. The Balaban J connectivity index is 1.33. The maximum absolute atomic E-state index is 12.7. The van der Waals surface area contributed by atoms with Crippen LogP contribution in [-0.4, -0.2) is 56.4 Å². The van der Waals surface area contributed by atoms with Gasteiger partial charge in [0.2, 0.25) is 0 Å². The second-order valence-electron chi connectivity index (χ2n) is 8.50. The minimum Gasteiger partial charge on any atom is -0.338 e. The number of rotatable bonds is 3. The fourth-order valence-corrected chi connectivity index (χ4v) is 4.98. The molecule has 7 nitrogen and oxygen atoms in total. The Bertz CT molecular complexity index is 951. The molecule has 0 unspecified atom stereocenters. The van der Waals surface area contributed by atoms with Crippen LogP contribution >= 0.6 is 0 Å². The van der Waals surface area contributed by atoms with Crippen molar-refractivity contribution in [2.45, 2.75) is 38.8 Å². The van der Waals surface area contributed by atoms with Gasteiger partial charge in [-0.3, -0.25) is 19.5 Å². The number of aromatic nitrogens is 3. The highest BCUT2D eigenvalue weighted by atomic mass is 16.2. The summed E-state index contributed by atoms with van der Waals surface area (Å²) >= 11 is 0. The van der Waals surface area contributed by atoms with Crippen molar-refractivity contribution >= 4 is 5.91 Å². The van der Waals surface area contributed by atoms with Crippen LogP contribution in [0.25, 0.3) is 0 Å². The molecule has 1 spiro atoms. The van der Waals surface area contributed by atoms with E-state index in [2.05, 4.69) is 25.5 Å².